The lowest BCUT2D eigenvalue weighted by atomic mass is 10.2. The van der Waals surface area contributed by atoms with E-state index in [1.54, 1.807) is 0 Å². The Kier molecular flexibility index (Phi) is 2.20. The van der Waals surface area contributed by atoms with Crippen LogP contribution in [0.25, 0.3) is 0 Å². The van der Waals surface area contributed by atoms with Gasteiger partial charge in [-0.15, -0.1) is 5.11 Å². The summed E-state index contributed by atoms with van der Waals surface area (Å²) < 4.78 is 0. The second kappa shape index (κ2) is 3.51. The summed E-state index contributed by atoms with van der Waals surface area (Å²) in [5.74, 6) is 0.0879. The molecule has 1 amide bonds. The van der Waals surface area contributed by atoms with E-state index in [-0.39, 0.29) is 16.8 Å². The molecule has 0 saturated heterocycles. The van der Waals surface area contributed by atoms with Gasteiger partial charge in [0.25, 0.3) is 5.91 Å². The van der Waals surface area contributed by atoms with Crippen molar-refractivity contribution in [2.45, 2.75) is 0 Å². The summed E-state index contributed by atoms with van der Waals surface area (Å²) in [5.41, 5.74) is 0.311. The fourth-order valence-corrected chi connectivity index (χ4v) is 1.40. The van der Waals surface area contributed by atoms with E-state index >= 15 is 0 Å². The molecule has 14 heavy (non-hydrogen) atoms. The summed E-state index contributed by atoms with van der Waals surface area (Å²) in [6.45, 7) is 0. The quantitative estimate of drug-likeness (QED) is 0.636. The highest BCUT2D eigenvalue weighted by Gasteiger charge is 2.24. The predicted octanol–water partition coefficient (Wildman–Crippen LogP) is 0.888. The first-order chi connectivity index (χ1) is 6.81. The van der Waals surface area contributed by atoms with Gasteiger partial charge in [0.2, 0.25) is 0 Å². The summed E-state index contributed by atoms with van der Waals surface area (Å²) >= 11 is 1.10. The monoisotopic (exact) mass is 205 g/mol. The second-order valence-electron chi connectivity index (χ2n) is 2.34. The number of azo groups is 1. The van der Waals surface area contributed by atoms with E-state index in [1.165, 1.54) is 6.20 Å². The van der Waals surface area contributed by atoms with E-state index < -0.39 is 5.91 Å². The zero-order valence-corrected chi connectivity index (χ0v) is 7.65. The summed E-state index contributed by atoms with van der Waals surface area (Å²) in [6.07, 6.45) is 1.33. The number of amidine groups is 2. The number of nitrogens with zero attached hydrogens (tertiary/aromatic N) is 5. The average molecular weight is 205 g/mol. The lowest BCUT2D eigenvalue weighted by Crippen LogP contribution is -2.15. The SMILES string of the molecule is N#CCSC1=NC(=O)C2=CN=NC2=N1. The van der Waals surface area contributed by atoms with Crippen LogP contribution in [0.2, 0.25) is 0 Å². The first kappa shape index (κ1) is 8.77. The molecule has 0 atom stereocenters. The third-order valence-electron chi connectivity index (χ3n) is 1.48. The van der Waals surface area contributed by atoms with E-state index in [0.717, 1.165) is 11.8 Å². The van der Waals surface area contributed by atoms with Gasteiger partial charge in [-0.1, -0.05) is 11.8 Å². The number of nitriles is 1. The minimum atomic E-state index is -0.402. The van der Waals surface area contributed by atoms with Crippen LogP contribution in [0.5, 0.6) is 0 Å². The van der Waals surface area contributed by atoms with E-state index in [4.69, 9.17) is 5.26 Å². The number of hydrogen-bond donors (Lipinski definition) is 0. The first-order valence-corrected chi connectivity index (χ1v) is 4.62. The Bertz CT molecular complexity index is 453. The van der Waals surface area contributed by atoms with Gasteiger partial charge >= 0.3 is 0 Å². The van der Waals surface area contributed by atoms with E-state index in [0.29, 0.717) is 5.57 Å². The molecule has 0 unspecified atom stereocenters. The Labute approximate surface area is 83.1 Å². The molecule has 0 fully saturated rings. The van der Waals surface area contributed by atoms with Gasteiger partial charge in [0.15, 0.2) is 11.0 Å². The minimum absolute atomic E-state index is 0.207. The topological polar surface area (TPSA) is 90.3 Å². The van der Waals surface area contributed by atoms with Crippen molar-refractivity contribution < 1.29 is 4.79 Å². The molecule has 7 heteroatoms. The van der Waals surface area contributed by atoms with Crippen LogP contribution >= 0.6 is 11.8 Å². The number of amides is 1. The molecule has 2 rings (SSSR count). The number of thioether (sulfide) groups is 1. The predicted molar refractivity (Wildman–Crippen MR) is 50.9 cm³/mol. The molecule has 0 spiro atoms. The van der Waals surface area contributed by atoms with Gasteiger partial charge < -0.3 is 0 Å². The van der Waals surface area contributed by atoms with E-state index in [9.17, 15) is 4.79 Å². The zero-order chi connectivity index (χ0) is 9.97. The van der Waals surface area contributed by atoms with Crippen molar-refractivity contribution in [3.63, 3.8) is 0 Å². The molecule has 0 aromatic rings. The maximum Gasteiger partial charge on any atom is 0.285 e. The molecule has 0 bridgehead atoms. The summed E-state index contributed by atoms with van der Waals surface area (Å²) in [7, 11) is 0. The van der Waals surface area contributed by atoms with Crippen LogP contribution in [-0.4, -0.2) is 22.7 Å². The maximum absolute atomic E-state index is 11.3. The fraction of sp³-hybridized carbons (Fsp3) is 0.143. The Morgan fingerprint density at radius 3 is 3.14 bits per heavy atom. The average Bonchev–Trinajstić information content (AvgIpc) is 2.63. The molecule has 68 valence electrons. The largest absolute Gasteiger partial charge is 0.285 e. The molecule has 2 aliphatic heterocycles. The molecule has 0 aliphatic carbocycles. The number of fused-ring (bicyclic) bond motifs is 1. The van der Waals surface area contributed by atoms with E-state index in [1.807, 2.05) is 6.07 Å². The maximum atomic E-state index is 11.3. The van der Waals surface area contributed by atoms with Gasteiger partial charge in [-0.2, -0.15) is 15.4 Å². The normalized spacial score (nSPS) is 18.2. The van der Waals surface area contributed by atoms with Crippen LogP contribution in [0.15, 0.2) is 32.0 Å². The minimum Gasteiger partial charge on any atom is -0.266 e. The molecule has 0 aromatic heterocycles. The van der Waals surface area contributed by atoms with Crippen molar-refractivity contribution in [2.75, 3.05) is 5.75 Å². The highest BCUT2D eigenvalue weighted by Crippen LogP contribution is 2.19. The zero-order valence-electron chi connectivity index (χ0n) is 6.84. The standard InChI is InChI=1S/C7H3N5OS/c8-1-2-14-7-10-5-4(3-9-12-5)6(13)11-7/h3H,2H2. The van der Waals surface area contributed by atoms with Crippen LogP contribution in [0.4, 0.5) is 0 Å². The molecule has 0 aromatic carbocycles. The first-order valence-electron chi connectivity index (χ1n) is 3.64. The van der Waals surface area contributed by atoms with Gasteiger partial charge in [0.1, 0.15) is 5.57 Å². The number of rotatable bonds is 1. The number of carbonyl (C=O) groups excluding carboxylic acids is 1. The van der Waals surface area contributed by atoms with Crippen LogP contribution in [-0.2, 0) is 4.79 Å². The summed E-state index contributed by atoms with van der Waals surface area (Å²) in [5, 5.41) is 15.8. The molecular weight excluding hydrogens is 202 g/mol. The fourth-order valence-electron chi connectivity index (χ4n) is 0.910. The van der Waals surface area contributed by atoms with Crippen LogP contribution in [0.1, 0.15) is 0 Å². The van der Waals surface area contributed by atoms with Crippen LogP contribution in [0.3, 0.4) is 0 Å². The van der Waals surface area contributed by atoms with Crippen molar-refractivity contribution in [1.29, 1.82) is 5.26 Å². The smallest absolute Gasteiger partial charge is 0.266 e. The molecule has 0 N–H and O–H groups in total. The van der Waals surface area contributed by atoms with Crippen LogP contribution in [0, 0.1) is 11.3 Å². The van der Waals surface area contributed by atoms with Crippen molar-refractivity contribution in [1.82, 2.24) is 0 Å². The molecule has 0 saturated carbocycles. The highest BCUT2D eigenvalue weighted by molar-refractivity contribution is 8.14. The van der Waals surface area contributed by atoms with Crippen molar-refractivity contribution in [3.05, 3.63) is 11.8 Å². The van der Waals surface area contributed by atoms with E-state index in [2.05, 4.69) is 20.2 Å². The number of carbonyl (C=O) groups is 1. The summed E-state index contributed by atoms with van der Waals surface area (Å²) in [4.78, 5) is 18.9. The third kappa shape index (κ3) is 1.47. The second-order valence-corrected chi connectivity index (χ2v) is 3.28. The lowest BCUT2D eigenvalue weighted by molar-refractivity contribution is -0.113. The molecule has 2 heterocycles. The Balaban J connectivity index is 2.23. The van der Waals surface area contributed by atoms with Gasteiger partial charge in [0.05, 0.1) is 18.0 Å². The third-order valence-corrected chi connectivity index (χ3v) is 2.19. The van der Waals surface area contributed by atoms with Gasteiger partial charge in [-0.25, -0.2) is 4.99 Å². The molecule has 6 nitrogen and oxygen atoms in total. The lowest BCUT2D eigenvalue weighted by Gasteiger charge is -2.04. The Morgan fingerprint density at radius 1 is 1.50 bits per heavy atom. The molecule has 0 radical (unpaired) electrons. The van der Waals surface area contributed by atoms with Crippen molar-refractivity contribution >= 4 is 28.7 Å². The Morgan fingerprint density at radius 2 is 2.36 bits per heavy atom. The van der Waals surface area contributed by atoms with Crippen molar-refractivity contribution in [3.8, 4) is 6.07 Å². The summed E-state index contributed by atoms with van der Waals surface area (Å²) in [6, 6.07) is 1.92. The Hall–Kier alpha value is -1.81. The van der Waals surface area contributed by atoms with Crippen LogP contribution < -0.4 is 0 Å². The van der Waals surface area contributed by atoms with Gasteiger partial charge in [-0.05, 0) is 0 Å². The number of hydrogen-bond acceptors (Lipinski definition) is 6. The highest BCUT2D eigenvalue weighted by atomic mass is 32.2. The van der Waals surface area contributed by atoms with Gasteiger partial charge in [-0.3, -0.25) is 4.79 Å². The van der Waals surface area contributed by atoms with Gasteiger partial charge in [0, 0.05) is 0 Å². The van der Waals surface area contributed by atoms with Crippen molar-refractivity contribution in [2.24, 2.45) is 20.2 Å². The molecule has 2 aliphatic rings. The molecular formula is C7H3N5OS. The number of aliphatic imine (C=N–C) groups is 2.